The molecule has 3 heterocycles. The number of rotatable bonds is 5. The normalized spacial score (nSPS) is 13.9. The summed E-state index contributed by atoms with van der Waals surface area (Å²) in [5.74, 6) is 0.806. The van der Waals surface area contributed by atoms with Crippen LogP contribution < -0.4 is 0 Å². The van der Waals surface area contributed by atoms with Gasteiger partial charge < -0.3 is 14.2 Å². The van der Waals surface area contributed by atoms with E-state index in [2.05, 4.69) is 4.98 Å². The van der Waals surface area contributed by atoms with Crippen LogP contribution in [0.5, 0.6) is 0 Å². The molecule has 1 saturated heterocycles. The number of thioether (sulfide) groups is 1. The van der Waals surface area contributed by atoms with Crippen LogP contribution in [0.15, 0.2) is 90.1 Å². The number of carbonyl (C=O) groups is 2. The zero-order chi connectivity index (χ0) is 22.6. The molecule has 0 radical (unpaired) electrons. The molecule has 33 heavy (non-hydrogen) atoms. The van der Waals surface area contributed by atoms with E-state index in [9.17, 15) is 9.59 Å². The van der Waals surface area contributed by atoms with E-state index in [1.165, 1.54) is 0 Å². The Morgan fingerprint density at radius 3 is 2.00 bits per heavy atom. The van der Waals surface area contributed by atoms with Crippen molar-refractivity contribution in [1.82, 2.24) is 19.2 Å². The molecule has 0 atom stereocenters. The number of pyridine rings is 1. The van der Waals surface area contributed by atoms with Crippen molar-refractivity contribution in [3.63, 3.8) is 0 Å². The van der Waals surface area contributed by atoms with Crippen molar-refractivity contribution in [3.05, 3.63) is 102 Å². The molecule has 1 fully saturated rings. The van der Waals surface area contributed by atoms with Crippen molar-refractivity contribution in [2.75, 3.05) is 26.2 Å². The summed E-state index contributed by atoms with van der Waals surface area (Å²) in [6.45, 7) is 2.18. The van der Waals surface area contributed by atoms with Crippen LogP contribution in [-0.4, -0.2) is 57.2 Å². The average molecular weight is 457 g/mol. The van der Waals surface area contributed by atoms with Crippen LogP contribution in [0.3, 0.4) is 0 Å². The molecule has 0 saturated carbocycles. The monoisotopic (exact) mass is 456 g/mol. The van der Waals surface area contributed by atoms with Crippen LogP contribution in [0.25, 0.3) is 5.65 Å². The van der Waals surface area contributed by atoms with E-state index >= 15 is 0 Å². The van der Waals surface area contributed by atoms with Crippen LogP contribution in [0.4, 0.5) is 0 Å². The fourth-order valence-corrected chi connectivity index (χ4v) is 4.75. The minimum atomic E-state index is 0.0127. The second kappa shape index (κ2) is 9.50. The Hall–Kier alpha value is -3.58. The highest BCUT2D eigenvalue weighted by Gasteiger charge is 2.25. The highest BCUT2D eigenvalue weighted by molar-refractivity contribution is 7.98. The summed E-state index contributed by atoms with van der Waals surface area (Å²) < 4.78 is 2.02. The molecule has 0 N–H and O–H groups in total. The van der Waals surface area contributed by atoms with E-state index < -0.39 is 0 Å². The number of nitrogens with zero attached hydrogens (tertiary/aromatic N) is 4. The average Bonchev–Trinajstić information content (AvgIpc) is 3.31. The van der Waals surface area contributed by atoms with Gasteiger partial charge in [0.2, 0.25) is 0 Å². The van der Waals surface area contributed by atoms with Gasteiger partial charge in [-0.05, 0) is 48.5 Å². The number of benzene rings is 2. The molecule has 1 aliphatic heterocycles. The largest absolute Gasteiger partial charge is 0.335 e. The van der Waals surface area contributed by atoms with E-state index in [1.54, 1.807) is 11.8 Å². The summed E-state index contributed by atoms with van der Waals surface area (Å²) in [5.41, 5.74) is 3.33. The topological polar surface area (TPSA) is 57.9 Å². The van der Waals surface area contributed by atoms with Gasteiger partial charge in [-0.15, -0.1) is 11.8 Å². The van der Waals surface area contributed by atoms with E-state index in [0.29, 0.717) is 37.3 Å². The molecule has 0 unspecified atom stereocenters. The lowest BCUT2D eigenvalue weighted by atomic mass is 10.1. The summed E-state index contributed by atoms with van der Waals surface area (Å²) in [7, 11) is 0. The third-order valence-corrected chi connectivity index (χ3v) is 6.82. The fourth-order valence-electron chi connectivity index (χ4n) is 3.97. The zero-order valence-electron chi connectivity index (χ0n) is 18.1. The van der Waals surface area contributed by atoms with Crippen LogP contribution in [0.1, 0.15) is 26.4 Å². The molecule has 1 aliphatic rings. The lowest BCUT2D eigenvalue weighted by Gasteiger charge is -2.35. The molecule has 2 amide bonds. The molecule has 0 bridgehead atoms. The summed E-state index contributed by atoms with van der Waals surface area (Å²) in [6, 6.07) is 23.0. The molecular formula is C26H24N4O2S. The van der Waals surface area contributed by atoms with Crippen molar-refractivity contribution < 1.29 is 9.59 Å². The standard InChI is InChI=1S/C26H24N4O2S/c31-25(20-6-2-1-3-7-20)28-14-16-29(17-15-28)26(32)21-9-11-23(12-10-21)33-19-22-18-30-13-5-4-8-24(30)27-22/h1-13,18H,14-17,19H2. The van der Waals surface area contributed by atoms with Crippen LogP contribution >= 0.6 is 11.8 Å². The molecule has 166 valence electrons. The molecule has 5 rings (SSSR count). The maximum Gasteiger partial charge on any atom is 0.253 e. The Kier molecular flexibility index (Phi) is 6.13. The maximum absolute atomic E-state index is 12.9. The van der Waals surface area contributed by atoms with Crippen molar-refractivity contribution in [2.24, 2.45) is 0 Å². The van der Waals surface area contributed by atoms with Gasteiger partial charge in [-0.3, -0.25) is 9.59 Å². The van der Waals surface area contributed by atoms with E-state index in [0.717, 1.165) is 22.0 Å². The Balaban J connectivity index is 1.15. The SMILES string of the molecule is O=C(c1ccccc1)N1CCN(C(=O)c2ccc(SCc3cn4ccccc4n3)cc2)CC1. The molecular weight excluding hydrogens is 432 g/mol. The smallest absolute Gasteiger partial charge is 0.253 e. The van der Waals surface area contributed by atoms with Crippen molar-refractivity contribution in [1.29, 1.82) is 0 Å². The van der Waals surface area contributed by atoms with Crippen LogP contribution in [0.2, 0.25) is 0 Å². The number of hydrogen-bond donors (Lipinski definition) is 0. The molecule has 2 aromatic carbocycles. The van der Waals surface area contributed by atoms with Crippen LogP contribution in [-0.2, 0) is 5.75 Å². The number of hydrogen-bond acceptors (Lipinski definition) is 4. The Morgan fingerprint density at radius 1 is 0.758 bits per heavy atom. The first-order valence-electron chi connectivity index (χ1n) is 11.0. The van der Waals surface area contributed by atoms with Crippen molar-refractivity contribution in [2.45, 2.75) is 10.6 Å². The molecule has 7 heteroatoms. The summed E-state index contributed by atoms with van der Waals surface area (Å²) in [5, 5.41) is 0. The first kappa shape index (κ1) is 21.3. The number of amides is 2. The lowest BCUT2D eigenvalue weighted by Crippen LogP contribution is -2.50. The second-order valence-corrected chi connectivity index (χ2v) is 9.01. The first-order chi connectivity index (χ1) is 16.2. The van der Waals surface area contributed by atoms with Gasteiger partial charge in [0.1, 0.15) is 5.65 Å². The molecule has 0 spiro atoms. The minimum Gasteiger partial charge on any atom is -0.335 e. The predicted octanol–water partition coefficient (Wildman–Crippen LogP) is 4.22. The van der Waals surface area contributed by atoms with Crippen molar-refractivity contribution in [3.8, 4) is 0 Å². The van der Waals surface area contributed by atoms with Gasteiger partial charge in [-0.1, -0.05) is 24.3 Å². The van der Waals surface area contributed by atoms with Gasteiger partial charge in [0, 0.05) is 60.3 Å². The number of carbonyl (C=O) groups excluding carboxylic acids is 2. The summed E-state index contributed by atoms with van der Waals surface area (Å²) in [6.07, 6.45) is 4.04. The van der Waals surface area contributed by atoms with Gasteiger partial charge in [-0.25, -0.2) is 4.98 Å². The number of piperazine rings is 1. The second-order valence-electron chi connectivity index (χ2n) is 7.96. The summed E-state index contributed by atoms with van der Waals surface area (Å²) >= 11 is 1.70. The number of imidazole rings is 1. The first-order valence-corrected chi connectivity index (χ1v) is 11.9. The van der Waals surface area contributed by atoms with Crippen LogP contribution in [0, 0.1) is 0 Å². The Morgan fingerprint density at radius 2 is 1.36 bits per heavy atom. The highest BCUT2D eigenvalue weighted by Crippen LogP contribution is 2.23. The van der Waals surface area contributed by atoms with E-state index in [1.807, 2.05) is 99.4 Å². The van der Waals surface area contributed by atoms with E-state index in [-0.39, 0.29) is 11.8 Å². The Bertz CT molecular complexity index is 1230. The highest BCUT2D eigenvalue weighted by atomic mass is 32.2. The predicted molar refractivity (Wildman–Crippen MR) is 129 cm³/mol. The number of aromatic nitrogens is 2. The summed E-state index contributed by atoms with van der Waals surface area (Å²) in [4.78, 5) is 34.9. The third-order valence-electron chi connectivity index (χ3n) is 5.78. The van der Waals surface area contributed by atoms with Gasteiger partial charge in [0.05, 0.1) is 5.69 Å². The molecule has 2 aromatic heterocycles. The van der Waals surface area contributed by atoms with E-state index in [4.69, 9.17) is 0 Å². The fraction of sp³-hybridized carbons (Fsp3) is 0.192. The third kappa shape index (κ3) is 4.78. The van der Waals surface area contributed by atoms with Gasteiger partial charge in [0.15, 0.2) is 0 Å². The van der Waals surface area contributed by atoms with Gasteiger partial charge in [-0.2, -0.15) is 0 Å². The molecule has 4 aromatic rings. The minimum absolute atomic E-state index is 0.0127. The molecule has 0 aliphatic carbocycles. The van der Waals surface area contributed by atoms with Gasteiger partial charge in [0.25, 0.3) is 11.8 Å². The Labute approximate surface area is 196 Å². The molecule has 6 nitrogen and oxygen atoms in total. The van der Waals surface area contributed by atoms with Crippen molar-refractivity contribution >= 4 is 29.2 Å². The quantitative estimate of drug-likeness (QED) is 0.422. The van der Waals surface area contributed by atoms with Gasteiger partial charge >= 0.3 is 0 Å². The number of fused-ring (bicyclic) bond motifs is 1. The maximum atomic E-state index is 12.9. The zero-order valence-corrected chi connectivity index (χ0v) is 18.9. The lowest BCUT2D eigenvalue weighted by molar-refractivity contribution is 0.0535.